The second kappa shape index (κ2) is 6.53. The first-order valence-corrected chi connectivity index (χ1v) is 6.65. The third-order valence-corrected chi connectivity index (χ3v) is 3.02. The summed E-state index contributed by atoms with van der Waals surface area (Å²) < 4.78 is 27.0. The van der Waals surface area contributed by atoms with Crippen LogP contribution in [0.2, 0.25) is 0 Å². The number of fused-ring (bicyclic) bond motifs is 1. The molecule has 2 aromatic rings. The molecule has 5 nitrogen and oxygen atoms in total. The molecule has 3 N–H and O–H groups in total. The van der Waals surface area contributed by atoms with Crippen LogP contribution in [0.5, 0.6) is 0 Å². The lowest BCUT2D eigenvalue weighted by atomic mass is 10.2. The van der Waals surface area contributed by atoms with E-state index in [0.717, 1.165) is 18.9 Å². The highest BCUT2D eigenvalue weighted by molar-refractivity contribution is 5.94. The monoisotopic (exact) mass is 294 g/mol. The summed E-state index contributed by atoms with van der Waals surface area (Å²) in [4.78, 5) is 11.9. The van der Waals surface area contributed by atoms with Gasteiger partial charge in [-0.2, -0.15) is 4.98 Å². The molecule has 0 aliphatic rings. The van der Waals surface area contributed by atoms with Crippen LogP contribution in [-0.4, -0.2) is 27.4 Å². The van der Waals surface area contributed by atoms with Crippen LogP contribution in [0.3, 0.4) is 0 Å². The van der Waals surface area contributed by atoms with Crippen LogP contribution in [0, 0.1) is 11.6 Å². The Morgan fingerprint density at radius 1 is 1.33 bits per heavy atom. The van der Waals surface area contributed by atoms with E-state index in [4.69, 9.17) is 5.73 Å². The van der Waals surface area contributed by atoms with Crippen LogP contribution in [0.25, 0.3) is 10.9 Å². The van der Waals surface area contributed by atoms with Gasteiger partial charge in [-0.25, -0.2) is 18.8 Å². The van der Waals surface area contributed by atoms with Crippen LogP contribution < -0.4 is 5.73 Å². The maximum absolute atomic E-state index is 13.8. The van der Waals surface area contributed by atoms with Gasteiger partial charge in [0.1, 0.15) is 5.52 Å². The predicted octanol–water partition coefficient (Wildman–Crippen LogP) is 2.75. The first kappa shape index (κ1) is 15.2. The van der Waals surface area contributed by atoms with Gasteiger partial charge in [0.2, 0.25) is 5.95 Å². The maximum atomic E-state index is 13.8. The average Bonchev–Trinajstić information content (AvgIpc) is 2.47. The molecular formula is C14H16F2N4O. The van der Waals surface area contributed by atoms with E-state index in [1.54, 1.807) is 0 Å². The van der Waals surface area contributed by atoms with E-state index in [1.807, 2.05) is 6.92 Å². The lowest BCUT2D eigenvalue weighted by Crippen LogP contribution is -2.05. The van der Waals surface area contributed by atoms with E-state index in [9.17, 15) is 13.9 Å². The van der Waals surface area contributed by atoms with Crippen LogP contribution in [0.1, 0.15) is 26.2 Å². The number of hydrogen-bond donors (Lipinski definition) is 2. The fourth-order valence-corrected chi connectivity index (χ4v) is 1.92. The molecule has 0 aliphatic heterocycles. The normalized spacial score (nSPS) is 12.1. The Kier molecular flexibility index (Phi) is 4.74. The molecule has 1 heterocycles. The number of aliphatic imine (C=N–C) groups is 1. The van der Waals surface area contributed by atoms with Gasteiger partial charge < -0.3 is 10.8 Å². The smallest absolute Gasteiger partial charge is 0.222 e. The summed E-state index contributed by atoms with van der Waals surface area (Å²) in [6.07, 6.45) is 2.41. The van der Waals surface area contributed by atoms with Gasteiger partial charge in [0, 0.05) is 11.1 Å². The zero-order chi connectivity index (χ0) is 15.4. The number of nitrogens with zero attached hydrogens (tertiary/aromatic N) is 3. The number of halogens is 2. The number of aromatic nitrogens is 2. The first-order valence-electron chi connectivity index (χ1n) is 6.65. The zero-order valence-electron chi connectivity index (χ0n) is 11.6. The van der Waals surface area contributed by atoms with Gasteiger partial charge in [-0.1, -0.05) is 13.3 Å². The topological polar surface area (TPSA) is 84.4 Å². The van der Waals surface area contributed by atoms with Crippen molar-refractivity contribution < 1.29 is 13.9 Å². The lowest BCUT2D eigenvalue weighted by molar-refractivity contribution is 0.354. The third kappa shape index (κ3) is 3.30. The molecule has 7 heteroatoms. The summed E-state index contributed by atoms with van der Waals surface area (Å²) in [5, 5.41) is 9.57. The predicted molar refractivity (Wildman–Crippen MR) is 77.6 cm³/mol. The molecule has 112 valence electrons. The lowest BCUT2D eigenvalue weighted by Gasteiger charge is -2.06. The van der Waals surface area contributed by atoms with Crippen molar-refractivity contribution in [2.45, 2.75) is 26.2 Å². The van der Waals surface area contributed by atoms with Crippen molar-refractivity contribution in [3.05, 3.63) is 23.8 Å². The molecule has 21 heavy (non-hydrogen) atoms. The third-order valence-electron chi connectivity index (χ3n) is 3.02. The molecule has 0 radical (unpaired) electrons. The number of rotatable bonds is 5. The minimum Gasteiger partial charge on any atom is -0.390 e. The molecule has 0 saturated heterocycles. The molecule has 2 rings (SSSR count). The Morgan fingerprint density at radius 2 is 2.10 bits per heavy atom. The number of unbranched alkanes of at least 4 members (excludes halogenated alkanes) is 1. The molecule has 0 amide bonds. The fraction of sp³-hybridized carbons (Fsp3) is 0.357. The average molecular weight is 294 g/mol. The van der Waals surface area contributed by atoms with Crippen molar-refractivity contribution in [2.75, 3.05) is 12.3 Å². The first-order chi connectivity index (χ1) is 10.1. The number of hydrogen-bond acceptors (Lipinski definition) is 5. The number of nitrogen functional groups attached to an aromatic ring is 1. The van der Waals surface area contributed by atoms with Gasteiger partial charge in [0.25, 0.3) is 0 Å². The van der Waals surface area contributed by atoms with Crippen LogP contribution in [0.4, 0.5) is 20.5 Å². The van der Waals surface area contributed by atoms with E-state index >= 15 is 0 Å². The number of aliphatic hydroxyl groups is 1. The highest BCUT2D eigenvalue weighted by Crippen LogP contribution is 2.27. The number of benzene rings is 1. The Morgan fingerprint density at radius 3 is 2.76 bits per heavy atom. The van der Waals surface area contributed by atoms with E-state index < -0.39 is 11.6 Å². The Bertz CT molecular complexity index is 688. The van der Waals surface area contributed by atoms with Crippen LogP contribution >= 0.6 is 0 Å². The second-order valence-electron chi connectivity index (χ2n) is 4.60. The van der Waals surface area contributed by atoms with Crippen LogP contribution in [-0.2, 0) is 0 Å². The Labute approximate surface area is 120 Å². The van der Waals surface area contributed by atoms with Gasteiger partial charge >= 0.3 is 0 Å². The highest BCUT2D eigenvalue weighted by Gasteiger charge is 2.14. The highest BCUT2D eigenvalue weighted by atomic mass is 19.2. The maximum Gasteiger partial charge on any atom is 0.222 e. The summed E-state index contributed by atoms with van der Waals surface area (Å²) in [5.74, 6) is -2.16. The summed E-state index contributed by atoms with van der Waals surface area (Å²) in [7, 11) is 0. The van der Waals surface area contributed by atoms with Crippen molar-refractivity contribution in [3.63, 3.8) is 0 Å². The molecule has 0 fully saturated rings. The summed E-state index contributed by atoms with van der Waals surface area (Å²) >= 11 is 0. The molecule has 0 saturated carbocycles. The Hall–Kier alpha value is -2.15. The molecule has 0 bridgehead atoms. The number of nitrogens with two attached hydrogens (primary N) is 1. The number of anilines is 1. The number of aliphatic hydroxyl groups excluding tert-OH is 1. The summed E-state index contributed by atoms with van der Waals surface area (Å²) in [6.45, 7) is 1.79. The zero-order valence-corrected chi connectivity index (χ0v) is 11.6. The SMILES string of the molecule is CCCC/C(CO)=N\c1nc(N)nc2c(F)c(F)ccc12. The van der Waals surface area contributed by atoms with Crippen molar-refractivity contribution in [1.29, 1.82) is 0 Å². The molecule has 1 aromatic carbocycles. The molecule has 0 atom stereocenters. The van der Waals surface area contributed by atoms with Crippen molar-refractivity contribution in [2.24, 2.45) is 4.99 Å². The van der Waals surface area contributed by atoms with Crippen molar-refractivity contribution in [3.8, 4) is 0 Å². The minimum absolute atomic E-state index is 0.136. The second-order valence-corrected chi connectivity index (χ2v) is 4.60. The quantitative estimate of drug-likeness (QED) is 0.830. The molecule has 0 aliphatic carbocycles. The molecule has 0 spiro atoms. The summed E-state index contributed by atoms with van der Waals surface area (Å²) in [6, 6.07) is 2.34. The standard InChI is InChI=1S/C14H16F2N4O/c1-2-3-4-8(7-21)18-13-9-5-6-10(15)11(16)12(9)19-14(17)20-13/h5-6,21H,2-4,7H2,1H3,(H2,17,19,20)/b18-8+. The van der Waals surface area contributed by atoms with E-state index in [2.05, 4.69) is 15.0 Å². The molecule has 1 aromatic heterocycles. The van der Waals surface area contributed by atoms with Crippen LogP contribution in [0.15, 0.2) is 17.1 Å². The Balaban J connectivity index is 2.58. The van der Waals surface area contributed by atoms with Gasteiger partial charge in [-0.3, -0.25) is 0 Å². The largest absolute Gasteiger partial charge is 0.390 e. The van der Waals surface area contributed by atoms with Gasteiger partial charge in [-0.05, 0) is 25.0 Å². The van der Waals surface area contributed by atoms with Gasteiger partial charge in [-0.15, -0.1) is 0 Å². The van der Waals surface area contributed by atoms with Gasteiger partial charge in [0.15, 0.2) is 17.5 Å². The minimum atomic E-state index is -1.09. The van der Waals surface area contributed by atoms with Crippen molar-refractivity contribution >= 4 is 28.4 Å². The van der Waals surface area contributed by atoms with E-state index in [-0.39, 0.29) is 29.3 Å². The van der Waals surface area contributed by atoms with Crippen molar-refractivity contribution in [1.82, 2.24) is 9.97 Å². The molecule has 0 unspecified atom stereocenters. The van der Waals surface area contributed by atoms with Gasteiger partial charge in [0.05, 0.1) is 6.61 Å². The fourth-order valence-electron chi connectivity index (χ4n) is 1.92. The van der Waals surface area contributed by atoms with E-state index in [0.29, 0.717) is 12.1 Å². The van der Waals surface area contributed by atoms with E-state index in [1.165, 1.54) is 6.07 Å². The molecular weight excluding hydrogens is 278 g/mol. The summed E-state index contributed by atoms with van der Waals surface area (Å²) in [5.41, 5.74) is 5.82.